The van der Waals surface area contributed by atoms with Gasteiger partial charge in [-0.25, -0.2) is 0 Å². The zero-order valence-corrected chi connectivity index (χ0v) is 15.4. The molecule has 24 heavy (non-hydrogen) atoms. The van der Waals surface area contributed by atoms with Crippen molar-refractivity contribution in [3.8, 4) is 0 Å². The third kappa shape index (κ3) is 4.30. The largest absolute Gasteiger partial charge is 0.381 e. The van der Waals surface area contributed by atoms with E-state index in [2.05, 4.69) is 24.1 Å². The Bertz CT molecular complexity index is 426. The van der Waals surface area contributed by atoms with Crippen LogP contribution in [0.25, 0.3) is 0 Å². The van der Waals surface area contributed by atoms with E-state index < -0.39 is 0 Å². The molecule has 0 aromatic carbocycles. The predicted octanol–water partition coefficient (Wildman–Crippen LogP) is 2.34. The first kappa shape index (κ1) is 18.2. The molecule has 5 nitrogen and oxygen atoms in total. The SMILES string of the molecule is CC1(C)CN(C2(CNC(=O)C3CCOCC3)CCCCC2)CCO1. The highest BCUT2D eigenvalue weighted by atomic mass is 16.5. The van der Waals surface area contributed by atoms with Crippen LogP contribution in [-0.4, -0.2) is 61.4 Å². The van der Waals surface area contributed by atoms with Crippen LogP contribution in [0.2, 0.25) is 0 Å². The van der Waals surface area contributed by atoms with Crippen molar-refractivity contribution in [1.82, 2.24) is 10.2 Å². The summed E-state index contributed by atoms with van der Waals surface area (Å²) in [6.45, 7) is 9.33. The molecule has 0 bridgehead atoms. The number of rotatable bonds is 4. The van der Waals surface area contributed by atoms with E-state index in [-0.39, 0.29) is 23.0 Å². The van der Waals surface area contributed by atoms with Crippen LogP contribution < -0.4 is 5.32 Å². The number of morpholine rings is 1. The summed E-state index contributed by atoms with van der Waals surface area (Å²) in [5.41, 5.74) is 0.0353. The summed E-state index contributed by atoms with van der Waals surface area (Å²) in [5, 5.41) is 3.31. The second kappa shape index (κ2) is 7.71. The number of nitrogens with zero attached hydrogens (tertiary/aromatic N) is 1. The maximum Gasteiger partial charge on any atom is 0.223 e. The summed E-state index contributed by atoms with van der Waals surface area (Å²) < 4.78 is 11.3. The van der Waals surface area contributed by atoms with Gasteiger partial charge in [0.05, 0.1) is 12.2 Å². The van der Waals surface area contributed by atoms with Crippen LogP contribution in [0.1, 0.15) is 58.8 Å². The van der Waals surface area contributed by atoms with Gasteiger partial charge in [0, 0.05) is 44.3 Å². The lowest BCUT2D eigenvalue weighted by atomic mass is 9.79. The smallest absolute Gasteiger partial charge is 0.223 e. The Morgan fingerprint density at radius 1 is 1.12 bits per heavy atom. The lowest BCUT2D eigenvalue weighted by Gasteiger charge is -2.51. The minimum absolute atomic E-state index is 0.0899. The van der Waals surface area contributed by atoms with Crippen LogP contribution in [0.3, 0.4) is 0 Å². The highest BCUT2D eigenvalue weighted by molar-refractivity contribution is 5.78. The molecule has 0 aromatic rings. The fourth-order valence-electron chi connectivity index (χ4n) is 4.59. The average molecular weight is 338 g/mol. The number of hydrogen-bond donors (Lipinski definition) is 1. The number of amides is 1. The number of nitrogens with one attached hydrogen (secondary N) is 1. The van der Waals surface area contributed by atoms with Gasteiger partial charge in [-0.15, -0.1) is 0 Å². The molecule has 3 rings (SSSR count). The molecule has 0 radical (unpaired) electrons. The molecular weight excluding hydrogens is 304 g/mol. The Labute approximate surface area is 146 Å². The average Bonchev–Trinajstić information content (AvgIpc) is 2.60. The Balaban J connectivity index is 1.63. The van der Waals surface area contributed by atoms with Crippen molar-refractivity contribution in [2.75, 3.05) is 39.5 Å². The van der Waals surface area contributed by atoms with E-state index in [1.165, 1.54) is 32.1 Å². The minimum Gasteiger partial charge on any atom is -0.381 e. The molecule has 0 unspecified atom stereocenters. The predicted molar refractivity (Wildman–Crippen MR) is 94.0 cm³/mol. The van der Waals surface area contributed by atoms with Crippen LogP contribution in [0.5, 0.6) is 0 Å². The van der Waals surface area contributed by atoms with E-state index in [1.807, 2.05) is 0 Å². The van der Waals surface area contributed by atoms with E-state index >= 15 is 0 Å². The van der Waals surface area contributed by atoms with Crippen molar-refractivity contribution in [2.24, 2.45) is 5.92 Å². The first-order chi connectivity index (χ1) is 11.5. The summed E-state index contributed by atoms with van der Waals surface area (Å²) in [6, 6.07) is 0. The number of carbonyl (C=O) groups excluding carboxylic acids is 1. The van der Waals surface area contributed by atoms with Crippen molar-refractivity contribution < 1.29 is 14.3 Å². The van der Waals surface area contributed by atoms with Crippen molar-refractivity contribution >= 4 is 5.91 Å². The van der Waals surface area contributed by atoms with Gasteiger partial charge >= 0.3 is 0 Å². The second-order valence-electron chi connectivity index (χ2n) is 8.42. The zero-order valence-electron chi connectivity index (χ0n) is 15.4. The summed E-state index contributed by atoms with van der Waals surface area (Å²) in [4.78, 5) is 15.2. The van der Waals surface area contributed by atoms with E-state index in [0.29, 0.717) is 0 Å². The molecule has 1 aliphatic carbocycles. The molecule has 1 saturated carbocycles. The Hall–Kier alpha value is -0.650. The number of carbonyl (C=O) groups is 1. The maximum absolute atomic E-state index is 12.6. The Morgan fingerprint density at radius 3 is 2.50 bits per heavy atom. The standard InChI is InChI=1S/C19H34N2O3/c1-18(2)15-21(10-13-24-18)19(8-4-3-5-9-19)14-20-17(22)16-6-11-23-12-7-16/h16H,3-15H2,1-2H3,(H,20,22). The highest BCUT2D eigenvalue weighted by Crippen LogP contribution is 2.36. The van der Waals surface area contributed by atoms with Crippen LogP contribution in [0, 0.1) is 5.92 Å². The highest BCUT2D eigenvalue weighted by Gasteiger charge is 2.42. The molecule has 138 valence electrons. The zero-order chi connectivity index (χ0) is 17.0. The fraction of sp³-hybridized carbons (Fsp3) is 0.947. The van der Waals surface area contributed by atoms with Crippen LogP contribution in [0.15, 0.2) is 0 Å². The summed E-state index contributed by atoms with van der Waals surface area (Å²) in [5.74, 6) is 0.372. The molecular formula is C19H34N2O3. The van der Waals surface area contributed by atoms with Crippen molar-refractivity contribution in [3.05, 3.63) is 0 Å². The van der Waals surface area contributed by atoms with Gasteiger partial charge in [-0.1, -0.05) is 19.3 Å². The summed E-state index contributed by atoms with van der Waals surface area (Å²) >= 11 is 0. The summed E-state index contributed by atoms with van der Waals surface area (Å²) in [6.07, 6.45) is 7.97. The van der Waals surface area contributed by atoms with Crippen molar-refractivity contribution in [1.29, 1.82) is 0 Å². The fourth-order valence-corrected chi connectivity index (χ4v) is 4.59. The molecule has 5 heteroatoms. The topological polar surface area (TPSA) is 50.8 Å². The van der Waals surface area contributed by atoms with Crippen LogP contribution in [-0.2, 0) is 14.3 Å². The van der Waals surface area contributed by atoms with Gasteiger partial charge < -0.3 is 14.8 Å². The van der Waals surface area contributed by atoms with E-state index in [4.69, 9.17) is 9.47 Å². The normalized spacial score (nSPS) is 28.4. The number of ether oxygens (including phenoxy) is 2. The van der Waals surface area contributed by atoms with Gasteiger partial charge in [0.2, 0.25) is 5.91 Å². The molecule has 2 saturated heterocycles. The van der Waals surface area contributed by atoms with Gasteiger partial charge in [-0.05, 0) is 39.5 Å². The van der Waals surface area contributed by atoms with Crippen molar-refractivity contribution in [3.63, 3.8) is 0 Å². The van der Waals surface area contributed by atoms with Gasteiger partial charge in [0.15, 0.2) is 0 Å². The van der Waals surface area contributed by atoms with E-state index in [0.717, 1.165) is 52.3 Å². The van der Waals surface area contributed by atoms with Gasteiger partial charge in [0.1, 0.15) is 0 Å². The third-order valence-electron chi connectivity index (χ3n) is 6.06. The van der Waals surface area contributed by atoms with Crippen molar-refractivity contribution in [2.45, 2.75) is 69.9 Å². The molecule has 2 heterocycles. The van der Waals surface area contributed by atoms with Gasteiger partial charge in [-0.3, -0.25) is 9.69 Å². The lowest BCUT2D eigenvalue weighted by molar-refractivity contribution is -0.133. The van der Waals surface area contributed by atoms with Crippen LogP contribution >= 0.6 is 0 Å². The molecule has 3 fully saturated rings. The number of hydrogen-bond acceptors (Lipinski definition) is 4. The molecule has 1 N–H and O–H groups in total. The van der Waals surface area contributed by atoms with Gasteiger partial charge in [-0.2, -0.15) is 0 Å². The molecule has 0 atom stereocenters. The van der Waals surface area contributed by atoms with E-state index in [1.54, 1.807) is 0 Å². The lowest BCUT2D eigenvalue weighted by Crippen LogP contribution is -2.63. The first-order valence-corrected chi connectivity index (χ1v) is 9.75. The quantitative estimate of drug-likeness (QED) is 0.855. The molecule has 0 spiro atoms. The Kier molecular flexibility index (Phi) is 5.83. The molecule has 1 amide bonds. The molecule has 3 aliphatic rings. The van der Waals surface area contributed by atoms with E-state index in [9.17, 15) is 4.79 Å². The first-order valence-electron chi connectivity index (χ1n) is 9.75. The minimum atomic E-state index is -0.0899. The molecule has 2 aliphatic heterocycles. The van der Waals surface area contributed by atoms with Gasteiger partial charge in [0.25, 0.3) is 0 Å². The van der Waals surface area contributed by atoms with Crippen LogP contribution in [0.4, 0.5) is 0 Å². The maximum atomic E-state index is 12.6. The third-order valence-corrected chi connectivity index (χ3v) is 6.06. The Morgan fingerprint density at radius 2 is 1.83 bits per heavy atom. The second-order valence-corrected chi connectivity index (χ2v) is 8.42. The summed E-state index contributed by atoms with van der Waals surface area (Å²) in [7, 11) is 0. The molecule has 0 aromatic heterocycles. The monoisotopic (exact) mass is 338 g/mol.